The maximum absolute atomic E-state index is 11.5. The Morgan fingerprint density at radius 2 is 2.03 bits per heavy atom. The zero-order chi connectivity index (χ0) is 20.4. The molecule has 0 aliphatic carbocycles. The third kappa shape index (κ3) is 4.12. The minimum absolute atomic E-state index is 0.264. The zero-order valence-electron chi connectivity index (χ0n) is 17.0. The predicted octanol–water partition coefficient (Wildman–Crippen LogP) is 3.98. The van der Waals surface area contributed by atoms with E-state index in [0.29, 0.717) is 5.92 Å². The van der Waals surface area contributed by atoms with Crippen molar-refractivity contribution in [3.8, 4) is 17.0 Å². The van der Waals surface area contributed by atoms with Gasteiger partial charge in [0.05, 0.1) is 24.1 Å². The molecule has 29 heavy (non-hydrogen) atoms. The lowest BCUT2D eigenvalue weighted by atomic mass is 10.0. The fourth-order valence-electron chi connectivity index (χ4n) is 4.22. The summed E-state index contributed by atoms with van der Waals surface area (Å²) in [4.78, 5) is 18.9. The number of pyridine rings is 1. The summed E-state index contributed by atoms with van der Waals surface area (Å²) in [5.41, 5.74) is 3.94. The van der Waals surface area contributed by atoms with Crippen LogP contribution >= 0.6 is 0 Å². The first kappa shape index (κ1) is 19.5. The van der Waals surface area contributed by atoms with Gasteiger partial charge in [-0.15, -0.1) is 0 Å². The second kappa shape index (κ2) is 8.25. The molecule has 2 aromatic heterocycles. The van der Waals surface area contributed by atoms with Crippen LogP contribution in [0, 0.1) is 5.92 Å². The summed E-state index contributed by atoms with van der Waals surface area (Å²) in [6, 6.07) is 11.3. The number of hydrogen-bond donors (Lipinski definition) is 1. The summed E-state index contributed by atoms with van der Waals surface area (Å²) in [5, 5.41) is 9.44. The minimum atomic E-state index is -0.931. The fourth-order valence-corrected chi connectivity index (χ4v) is 4.22. The van der Waals surface area contributed by atoms with Crippen LogP contribution in [0.25, 0.3) is 16.9 Å². The van der Waals surface area contributed by atoms with Crippen LogP contribution in [0.1, 0.15) is 35.8 Å². The van der Waals surface area contributed by atoms with E-state index < -0.39 is 5.97 Å². The standard InChI is InChI=1S/C23H27N3O3/c1-16(14-25-10-3-4-11-25)12-20-22(17-6-5-7-19(13-17)29-2)24-21-9-8-18(23(27)28)15-26(20)21/h5-9,13,15-16H,3-4,10-12,14H2,1-2H3,(H,27,28). The average Bonchev–Trinajstić information content (AvgIpc) is 3.35. The van der Waals surface area contributed by atoms with Crippen LogP contribution in [-0.4, -0.2) is 52.1 Å². The van der Waals surface area contributed by atoms with Crippen molar-refractivity contribution in [3.63, 3.8) is 0 Å². The molecule has 1 unspecified atom stereocenters. The molecule has 1 fully saturated rings. The van der Waals surface area contributed by atoms with Crippen molar-refractivity contribution in [1.82, 2.24) is 14.3 Å². The normalized spacial score (nSPS) is 15.7. The Morgan fingerprint density at radius 1 is 1.24 bits per heavy atom. The molecule has 6 heteroatoms. The molecule has 1 atom stereocenters. The number of hydrogen-bond acceptors (Lipinski definition) is 4. The number of imidazole rings is 1. The Bertz CT molecular complexity index is 1020. The number of nitrogens with zero attached hydrogens (tertiary/aromatic N) is 3. The van der Waals surface area contributed by atoms with E-state index in [-0.39, 0.29) is 5.56 Å². The number of fused-ring (bicyclic) bond motifs is 1. The molecule has 0 bridgehead atoms. The van der Waals surface area contributed by atoms with Gasteiger partial charge in [0.25, 0.3) is 0 Å². The number of aromatic carboxylic acids is 1. The highest BCUT2D eigenvalue weighted by Gasteiger charge is 2.21. The first-order valence-electron chi connectivity index (χ1n) is 10.2. The van der Waals surface area contributed by atoms with Gasteiger partial charge in [-0.2, -0.15) is 0 Å². The predicted molar refractivity (Wildman–Crippen MR) is 113 cm³/mol. The van der Waals surface area contributed by atoms with Crippen LogP contribution in [0.2, 0.25) is 0 Å². The molecule has 3 aromatic rings. The van der Waals surface area contributed by atoms with Crippen molar-refractivity contribution in [1.29, 1.82) is 0 Å². The quantitative estimate of drug-likeness (QED) is 0.658. The Hall–Kier alpha value is -2.86. The largest absolute Gasteiger partial charge is 0.497 e. The molecular formula is C23H27N3O3. The zero-order valence-corrected chi connectivity index (χ0v) is 17.0. The summed E-state index contributed by atoms with van der Waals surface area (Å²) in [7, 11) is 1.65. The van der Waals surface area contributed by atoms with Gasteiger partial charge in [0, 0.05) is 18.3 Å². The third-order valence-electron chi connectivity index (χ3n) is 5.62. The van der Waals surface area contributed by atoms with Crippen LogP contribution < -0.4 is 4.74 Å². The van der Waals surface area contributed by atoms with E-state index in [2.05, 4.69) is 11.8 Å². The highest BCUT2D eigenvalue weighted by atomic mass is 16.5. The summed E-state index contributed by atoms with van der Waals surface area (Å²) in [5.74, 6) is 0.285. The maximum Gasteiger partial charge on any atom is 0.337 e. The maximum atomic E-state index is 11.5. The molecule has 6 nitrogen and oxygen atoms in total. The second-order valence-corrected chi connectivity index (χ2v) is 7.91. The van der Waals surface area contributed by atoms with E-state index in [9.17, 15) is 9.90 Å². The van der Waals surface area contributed by atoms with Crippen LogP contribution in [0.5, 0.6) is 5.75 Å². The third-order valence-corrected chi connectivity index (χ3v) is 5.62. The SMILES string of the molecule is COc1cccc(-c2nc3ccc(C(=O)O)cn3c2CC(C)CN2CCCC2)c1. The van der Waals surface area contributed by atoms with Crippen molar-refractivity contribution in [2.75, 3.05) is 26.7 Å². The number of carboxylic acids is 1. The first-order valence-corrected chi connectivity index (χ1v) is 10.2. The fraction of sp³-hybridized carbons (Fsp3) is 0.391. The van der Waals surface area contributed by atoms with Crippen molar-refractivity contribution in [2.45, 2.75) is 26.2 Å². The van der Waals surface area contributed by atoms with Crippen LogP contribution in [0.15, 0.2) is 42.6 Å². The number of methoxy groups -OCH3 is 1. The lowest BCUT2D eigenvalue weighted by molar-refractivity contribution is 0.0696. The first-order chi connectivity index (χ1) is 14.0. The number of benzene rings is 1. The smallest absolute Gasteiger partial charge is 0.337 e. The van der Waals surface area contributed by atoms with Gasteiger partial charge in [0.1, 0.15) is 11.4 Å². The van der Waals surface area contributed by atoms with Gasteiger partial charge < -0.3 is 19.1 Å². The Balaban J connectivity index is 1.76. The van der Waals surface area contributed by atoms with Gasteiger partial charge in [-0.05, 0) is 62.5 Å². The number of ether oxygens (including phenoxy) is 1. The van der Waals surface area contributed by atoms with Gasteiger partial charge in [-0.3, -0.25) is 0 Å². The second-order valence-electron chi connectivity index (χ2n) is 7.91. The molecule has 4 rings (SSSR count). The number of carboxylic acid groups (broad SMARTS) is 1. The van der Waals surface area contributed by atoms with Crippen molar-refractivity contribution < 1.29 is 14.6 Å². The van der Waals surface area contributed by atoms with Crippen LogP contribution in [-0.2, 0) is 6.42 Å². The molecular weight excluding hydrogens is 366 g/mol. The summed E-state index contributed by atoms with van der Waals surface area (Å²) in [6.07, 6.45) is 5.07. The number of carbonyl (C=O) groups is 1. The number of likely N-dealkylation sites (tertiary alicyclic amines) is 1. The van der Waals surface area contributed by atoms with Crippen molar-refractivity contribution in [2.24, 2.45) is 5.92 Å². The molecule has 1 N–H and O–H groups in total. The highest BCUT2D eigenvalue weighted by Crippen LogP contribution is 2.29. The van der Waals surface area contributed by atoms with Gasteiger partial charge in [-0.1, -0.05) is 19.1 Å². The van der Waals surface area contributed by atoms with Crippen molar-refractivity contribution in [3.05, 3.63) is 53.9 Å². The van der Waals surface area contributed by atoms with Gasteiger partial charge >= 0.3 is 5.97 Å². The monoisotopic (exact) mass is 393 g/mol. The average molecular weight is 393 g/mol. The molecule has 3 heterocycles. The Morgan fingerprint density at radius 3 is 2.76 bits per heavy atom. The number of aromatic nitrogens is 2. The summed E-state index contributed by atoms with van der Waals surface area (Å²) in [6.45, 7) is 5.64. The molecule has 0 saturated carbocycles. The van der Waals surface area contributed by atoms with E-state index in [1.54, 1.807) is 25.4 Å². The number of rotatable bonds is 7. The van der Waals surface area contributed by atoms with Crippen LogP contribution in [0.4, 0.5) is 0 Å². The van der Waals surface area contributed by atoms with E-state index in [4.69, 9.17) is 9.72 Å². The highest BCUT2D eigenvalue weighted by molar-refractivity contribution is 5.87. The topological polar surface area (TPSA) is 67.1 Å². The van der Waals surface area contributed by atoms with Gasteiger partial charge in [-0.25, -0.2) is 9.78 Å². The summed E-state index contributed by atoms with van der Waals surface area (Å²) >= 11 is 0. The molecule has 0 spiro atoms. The van der Waals surface area contributed by atoms with Crippen LogP contribution in [0.3, 0.4) is 0 Å². The molecule has 0 radical (unpaired) electrons. The molecule has 1 aromatic carbocycles. The molecule has 152 valence electrons. The molecule has 1 saturated heterocycles. The molecule has 0 amide bonds. The van der Waals surface area contributed by atoms with E-state index >= 15 is 0 Å². The molecule has 1 aliphatic heterocycles. The lowest BCUT2D eigenvalue weighted by Gasteiger charge is -2.20. The van der Waals surface area contributed by atoms with Gasteiger partial charge in [0.15, 0.2) is 0 Å². The Kier molecular flexibility index (Phi) is 5.53. The lowest BCUT2D eigenvalue weighted by Crippen LogP contribution is -2.26. The minimum Gasteiger partial charge on any atom is -0.497 e. The molecule has 1 aliphatic rings. The van der Waals surface area contributed by atoms with Gasteiger partial charge in [0.2, 0.25) is 0 Å². The van der Waals surface area contributed by atoms with Crippen molar-refractivity contribution >= 4 is 11.6 Å². The van der Waals surface area contributed by atoms with E-state index in [1.165, 1.54) is 25.9 Å². The summed E-state index contributed by atoms with van der Waals surface area (Å²) < 4.78 is 7.33. The Labute approximate surface area is 170 Å². The van der Waals surface area contributed by atoms with E-state index in [0.717, 1.165) is 41.3 Å². The van der Waals surface area contributed by atoms with E-state index in [1.807, 2.05) is 28.7 Å².